The number of hydrogen-bond donors (Lipinski definition) is 0. The highest BCUT2D eigenvalue weighted by Gasteiger charge is 2.30. The number of benzene rings is 1. The van der Waals surface area contributed by atoms with Gasteiger partial charge < -0.3 is 14.0 Å². The van der Waals surface area contributed by atoms with Crippen LogP contribution >= 0.6 is 11.6 Å². The third kappa shape index (κ3) is 4.24. The lowest BCUT2D eigenvalue weighted by atomic mass is 9.77. The molecule has 2 heterocycles. The average molecular weight is 401 g/mol. The van der Waals surface area contributed by atoms with Crippen molar-refractivity contribution in [1.29, 1.82) is 5.26 Å². The molecule has 0 radical (unpaired) electrons. The highest BCUT2D eigenvalue weighted by atomic mass is 35.5. The number of nitriles is 1. The predicted molar refractivity (Wildman–Crippen MR) is 110 cm³/mol. The summed E-state index contributed by atoms with van der Waals surface area (Å²) in [5.41, 5.74) is 1.65. The number of aromatic nitrogens is 1. The van der Waals surface area contributed by atoms with Crippen LogP contribution < -0.4 is 10.3 Å². The first-order chi connectivity index (χ1) is 13.4. The van der Waals surface area contributed by atoms with Gasteiger partial charge in [-0.25, -0.2) is 0 Å². The van der Waals surface area contributed by atoms with E-state index in [0.717, 1.165) is 32.5 Å². The van der Waals surface area contributed by atoms with Crippen LogP contribution in [0, 0.1) is 16.7 Å². The van der Waals surface area contributed by atoms with E-state index in [0.29, 0.717) is 27.5 Å². The van der Waals surface area contributed by atoms with Gasteiger partial charge in [0.2, 0.25) is 0 Å². The highest BCUT2D eigenvalue weighted by Crippen LogP contribution is 2.38. The molecule has 1 aromatic carbocycles. The van der Waals surface area contributed by atoms with Crippen LogP contribution in [-0.4, -0.2) is 24.9 Å². The van der Waals surface area contributed by atoms with Gasteiger partial charge in [0.15, 0.2) is 0 Å². The van der Waals surface area contributed by atoms with Crippen molar-refractivity contribution < 1.29 is 9.47 Å². The maximum Gasteiger partial charge on any atom is 0.251 e. The number of halogens is 1. The summed E-state index contributed by atoms with van der Waals surface area (Å²) in [6.07, 6.45) is 4.62. The summed E-state index contributed by atoms with van der Waals surface area (Å²) in [5, 5.41) is 9.93. The third-order valence-corrected chi connectivity index (χ3v) is 5.85. The first-order valence-corrected chi connectivity index (χ1v) is 9.82. The Morgan fingerprint density at radius 2 is 2.04 bits per heavy atom. The lowest BCUT2D eigenvalue weighted by Gasteiger charge is -2.36. The molecule has 1 aliphatic rings. The Kier molecular flexibility index (Phi) is 6.12. The van der Waals surface area contributed by atoms with Gasteiger partial charge >= 0.3 is 0 Å². The fourth-order valence-electron chi connectivity index (χ4n) is 3.96. The summed E-state index contributed by atoms with van der Waals surface area (Å²) in [4.78, 5) is 12.9. The number of methoxy groups -OCH3 is 1. The van der Waals surface area contributed by atoms with E-state index in [2.05, 4.69) is 19.9 Å². The van der Waals surface area contributed by atoms with Crippen LogP contribution in [0.25, 0.3) is 11.1 Å². The molecule has 0 amide bonds. The predicted octanol–water partition coefficient (Wildman–Crippen LogP) is 4.82. The largest absolute Gasteiger partial charge is 0.495 e. The van der Waals surface area contributed by atoms with Gasteiger partial charge in [-0.2, -0.15) is 5.26 Å². The van der Waals surface area contributed by atoms with Crippen LogP contribution in [0.5, 0.6) is 5.75 Å². The van der Waals surface area contributed by atoms with Crippen LogP contribution in [0.1, 0.15) is 44.7 Å². The molecule has 0 spiro atoms. The molecule has 0 bridgehead atoms. The van der Waals surface area contributed by atoms with E-state index in [1.165, 1.54) is 6.07 Å². The third-order valence-electron chi connectivity index (χ3n) is 5.62. The Morgan fingerprint density at radius 1 is 1.32 bits per heavy atom. The second-order valence-electron chi connectivity index (χ2n) is 7.78. The van der Waals surface area contributed by atoms with E-state index < -0.39 is 0 Å². The van der Waals surface area contributed by atoms with Crippen molar-refractivity contribution in [2.75, 3.05) is 20.3 Å². The Balaban J connectivity index is 2.00. The zero-order valence-electron chi connectivity index (χ0n) is 16.5. The minimum atomic E-state index is -0.122. The fourth-order valence-corrected chi connectivity index (χ4v) is 4.13. The topological polar surface area (TPSA) is 64.2 Å². The van der Waals surface area contributed by atoms with Gasteiger partial charge in [0.25, 0.3) is 5.56 Å². The molecule has 2 aromatic rings. The van der Waals surface area contributed by atoms with Crippen LogP contribution in [-0.2, 0) is 4.74 Å². The normalized spacial score (nSPS) is 17.0. The van der Waals surface area contributed by atoms with Crippen molar-refractivity contribution in [2.24, 2.45) is 5.41 Å². The molecule has 1 fully saturated rings. The Bertz CT molecular complexity index is 955. The smallest absolute Gasteiger partial charge is 0.251 e. The first-order valence-electron chi connectivity index (χ1n) is 9.45. The van der Waals surface area contributed by atoms with E-state index in [-0.39, 0.29) is 17.0 Å². The molecule has 148 valence electrons. The molecule has 1 aliphatic heterocycles. The summed E-state index contributed by atoms with van der Waals surface area (Å²) in [6, 6.07) is 8.71. The summed E-state index contributed by atoms with van der Waals surface area (Å²) < 4.78 is 12.8. The van der Waals surface area contributed by atoms with Crippen LogP contribution in [0.2, 0.25) is 5.02 Å². The van der Waals surface area contributed by atoms with Gasteiger partial charge in [-0.15, -0.1) is 0 Å². The summed E-state index contributed by atoms with van der Waals surface area (Å²) in [5.74, 6) is 0.544. The van der Waals surface area contributed by atoms with E-state index in [1.54, 1.807) is 36.1 Å². The van der Waals surface area contributed by atoms with Crippen molar-refractivity contribution in [3.05, 3.63) is 51.4 Å². The molecule has 0 aliphatic carbocycles. The van der Waals surface area contributed by atoms with Gasteiger partial charge in [-0.1, -0.05) is 18.5 Å². The molecule has 1 atom stereocenters. The number of nitrogens with zero attached hydrogens (tertiary/aromatic N) is 2. The Morgan fingerprint density at radius 3 is 2.68 bits per heavy atom. The van der Waals surface area contributed by atoms with Crippen molar-refractivity contribution in [1.82, 2.24) is 4.57 Å². The summed E-state index contributed by atoms with van der Waals surface area (Å²) in [6.45, 7) is 5.85. The molecule has 0 N–H and O–H groups in total. The van der Waals surface area contributed by atoms with Crippen LogP contribution in [0.4, 0.5) is 0 Å². The fraction of sp³-hybridized carbons (Fsp3) is 0.455. The number of ether oxygens (including phenoxy) is 2. The number of pyridine rings is 1. The molecular formula is C22H25ClN2O3. The second kappa shape index (κ2) is 8.38. The molecule has 28 heavy (non-hydrogen) atoms. The number of rotatable bonds is 5. The van der Waals surface area contributed by atoms with Crippen LogP contribution in [0.3, 0.4) is 0 Å². The van der Waals surface area contributed by atoms with Crippen molar-refractivity contribution in [3.63, 3.8) is 0 Å². The molecule has 1 unspecified atom stereocenters. The molecule has 6 heteroatoms. The number of hydrogen-bond acceptors (Lipinski definition) is 4. The lowest BCUT2D eigenvalue weighted by molar-refractivity contribution is 0.0135. The average Bonchev–Trinajstić information content (AvgIpc) is 2.67. The van der Waals surface area contributed by atoms with E-state index in [4.69, 9.17) is 21.1 Å². The summed E-state index contributed by atoms with van der Waals surface area (Å²) >= 11 is 6.12. The van der Waals surface area contributed by atoms with Gasteiger partial charge in [-0.05, 0) is 49.8 Å². The Hall–Kier alpha value is -2.29. The highest BCUT2D eigenvalue weighted by molar-refractivity contribution is 6.31. The maximum absolute atomic E-state index is 12.9. The zero-order chi connectivity index (χ0) is 20.3. The minimum absolute atomic E-state index is 0.0216. The lowest BCUT2D eigenvalue weighted by Crippen LogP contribution is -2.32. The molecule has 1 aromatic heterocycles. The van der Waals surface area contributed by atoms with Crippen molar-refractivity contribution in [2.45, 2.75) is 39.2 Å². The molecule has 3 rings (SSSR count). The monoisotopic (exact) mass is 400 g/mol. The quantitative estimate of drug-likeness (QED) is 0.721. The molecule has 1 saturated heterocycles. The Labute approximate surface area is 170 Å². The van der Waals surface area contributed by atoms with E-state index >= 15 is 0 Å². The minimum Gasteiger partial charge on any atom is -0.495 e. The van der Waals surface area contributed by atoms with Gasteiger partial charge in [0, 0.05) is 41.5 Å². The first kappa shape index (κ1) is 20.4. The summed E-state index contributed by atoms with van der Waals surface area (Å²) in [7, 11) is 1.56. The van der Waals surface area contributed by atoms with Gasteiger partial charge in [0.05, 0.1) is 24.9 Å². The second-order valence-corrected chi connectivity index (χ2v) is 8.22. The van der Waals surface area contributed by atoms with Crippen LogP contribution in [0.15, 0.2) is 35.3 Å². The van der Waals surface area contributed by atoms with Gasteiger partial charge in [0.1, 0.15) is 5.75 Å². The molecule has 5 nitrogen and oxygen atoms in total. The van der Waals surface area contributed by atoms with Gasteiger partial charge in [-0.3, -0.25) is 4.79 Å². The standard InChI is InChI=1S/C22H25ClN2O3/c1-15(12-22(2)6-8-28-9-7-22)25-14-20(27-3)19(11-21(25)26)18-10-17(23)5-4-16(18)13-24/h4-5,10-11,14-15H,6-9,12H2,1-3H3. The van der Waals surface area contributed by atoms with E-state index in [9.17, 15) is 10.1 Å². The maximum atomic E-state index is 12.9. The van der Waals surface area contributed by atoms with Crippen molar-refractivity contribution in [3.8, 4) is 22.9 Å². The zero-order valence-corrected chi connectivity index (χ0v) is 17.3. The molecule has 0 saturated carbocycles. The van der Waals surface area contributed by atoms with E-state index in [1.807, 2.05) is 0 Å². The van der Waals surface area contributed by atoms with Crippen molar-refractivity contribution >= 4 is 11.6 Å². The molecular weight excluding hydrogens is 376 g/mol. The SMILES string of the molecule is COc1cn(C(C)CC2(C)CCOCC2)c(=O)cc1-c1cc(Cl)ccc1C#N.